The van der Waals surface area contributed by atoms with Crippen molar-refractivity contribution < 1.29 is 5.11 Å². The van der Waals surface area contributed by atoms with Gasteiger partial charge in [-0.1, -0.05) is 0 Å². The number of hydrogen-bond donors (Lipinski definition) is 3. The summed E-state index contributed by atoms with van der Waals surface area (Å²) in [5.41, 5.74) is 11.3. The number of fused-ring (bicyclic) bond motifs is 2. The molecule has 0 radical (unpaired) electrons. The quantitative estimate of drug-likeness (QED) is 0.469. The third-order valence-electron chi connectivity index (χ3n) is 4.09. The van der Waals surface area contributed by atoms with Crippen LogP contribution in [0.4, 0.5) is 11.5 Å². The highest BCUT2D eigenvalue weighted by Gasteiger charge is 2.12. The summed E-state index contributed by atoms with van der Waals surface area (Å²) in [6, 6.07) is 9.34. The van der Waals surface area contributed by atoms with E-state index in [0.29, 0.717) is 22.3 Å². The first-order chi connectivity index (χ1) is 13.2. The highest BCUT2D eigenvalue weighted by molar-refractivity contribution is 7.16. The second kappa shape index (κ2) is 7.00. The van der Waals surface area contributed by atoms with E-state index in [1.807, 2.05) is 29.8 Å². The van der Waals surface area contributed by atoms with Crippen molar-refractivity contribution >= 4 is 55.7 Å². The maximum atomic E-state index is 10.6. The maximum absolute atomic E-state index is 10.6. The smallest absolute Gasteiger partial charge is 0.145 e. The van der Waals surface area contributed by atoms with E-state index >= 15 is 0 Å². The van der Waals surface area contributed by atoms with Gasteiger partial charge in [0.05, 0.1) is 26.6 Å². The van der Waals surface area contributed by atoms with Crippen LogP contribution in [0.5, 0.6) is 5.75 Å². The van der Waals surface area contributed by atoms with Crippen molar-refractivity contribution in [3.63, 3.8) is 0 Å². The number of benzene rings is 2. The topological polar surface area (TPSA) is 109 Å². The van der Waals surface area contributed by atoms with Gasteiger partial charge in [0.25, 0.3) is 0 Å². The summed E-state index contributed by atoms with van der Waals surface area (Å²) in [6.45, 7) is 0. The van der Waals surface area contributed by atoms with Crippen LogP contribution < -0.4 is 11.1 Å². The molecule has 4 rings (SSSR count). The Labute approximate surface area is 159 Å². The van der Waals surface area contributed by atoms with E-state index in [4.69, 9.17) is 5.73 Å². The zero-order valence-electron chi connectivity index (χ0n) is 14.4. The molecule has 0 fully saturated rings. The minimum absolute atomic E-state index is 0.0633. The molecule has 0 unspecified atom stereocenters. The van der Waals surface area contributed by atoms with E-state index in [9.17, 15) is 5.11 Å². The average Bonchev–Trinajstić information content (AvgIpc) is 3.13. The highest BCUT2D eigenvalue weighted by atomic mass is 32.1. The minimum Gasteiger partial charge on any atom is -0.507 e. The van der Waals surface area contributed by atoms with Gasteiger partial charge in [-0.2, -0.15) is 0 Å². The number of hydrogen-bond acceptors (Lipinski definition) is 8. The fraction of sp³-hybridized carbons (Fsp3) is 0.0526. The number of nitrogens with zero attached hydrogens (tertiary/aromatic N) is 4. The number of allylic oxidation sites excluding steroid dienone is 1. The first kappa shape index (κ1) is 16.9. The number of anilines is 2. The van der Waals surface area contributed by atoms with Crippen LogP contribution in [0.1, 0.15) is 5.56 Å². The highest BCUT2D eigenvalue weighted by Crippen LogP contribution is 2.34. The van der Waals surface area contributed by atoms with Gasteiger partial charge in [-0.15, -0.1) is 11.3 Å². The lowest BCUT2D eigenvalue weighted by Crippen LogP contribution is -1.98. The molecule has 134 valence electrons. The van der Waals surface area contributed by atoms with Crippen LogP contribution in [0, 0.1) is 0 Å². The van der Waals surface area contributed by atoms with Crippen LogP contribution in [0.15, 0.2) is 53.4 Å². The number of thiazole rings is 1. The molecular weight excluding hydrogens is 360 g/mol. The Morgan fingerprint density at radius 1 is 1.19 bits per heavy atom. The average molecular weight is 376 g/mol. The summed E-state index contributed by atoms with van der Waals surface area (Å²) in [5.74, 6) is 0.587. The van der Waals surface area contributed by atoms with E-state index in [1.165, 1.54) is 12.5 Å². The lowest BCUT2D eigenvalue weighted by molar-refractivity contribution is 0.481. The van der Waals surface area contributed by atoms with Crippen LogP contribution in [-0.2, 0) is 0 Å². The van der Waals surface area contributed by atoms with E-state index in [0.717, 1.165) is 21.5 Å². The van der Waals surface area contributed by atoms with Gasteiger partial charge >= 0.3 is 0 Å². The summed E-state index contributed by atoms with van der Waals surface area (Å²) in [4.78, 5) is 16.9. The van der Waals surface area contributed by atoms with Gasteiger partial charge in [0.2, 0.25) is 0 Å². The number of aromatic hydroxyl groups is 1. The van der Waals surface area contributed by atoms with Crippen LogP contribution >= 0.6 is 11.3 Å². The molecule has 0 aliphatic carbocycles. The number of aromatic nitrogens is 3. The zero-order valence-corrected chi connectivity index (χ0v) is 15.2. The van der Waals surface area contributed by atoms with Gasteiger partial charge in [0, 0.05) is 30.7 Å². The molecule has 0 amide bonds. The second-order valence-corrected chi connectivity index (χ2v) is 6.67. The van der Waals surface area contributed by atoms with Crippen molar-refractivity contribution in [3.05, 3.63) is 53.9 Å². The van der Waals surface area contributed by atoms with Crippen molar-refractivity contribution in [2.75, 3.05) is 12.4 Å². The van der Waals surface area contributed by atoms with E-state index in [1.54, 1.807) is 30.7 Å². The predicted octanol–water partition coefficient (Wildman–Crippen LogP) is 3.69. The van der Waals surface area contributed by atoms with Crippen LogP contribution in [0.3, 0.4) is 0 Å². The molecule has 0 aliphatic rings. The van der Waals surface area contributed by atoms with Gasteiger partial charge < -0.3 is 16.2 Å². The minimum atomic E-state index is 0.0633. The van der Waals surface area contributed by atoms with Crippen LogP contribution in [0.2, 0.25) is 0 Å². The summed E-state index contributed by atoms with van der Waals surface area (Å²) < 4.78 is 1.07. The molecule has 2 heterocycles. The molecule has 0 saturated carbocycles. The Balaban J connectivity index is 1.79. The summed E-state index contributed by atoms with van der Waals surface area (Å²) >= 11 is 1.57. The fourth-order valence-electron chi connectivity index (χ4n) is 2.85. The first-order valence-corrected chi connectivity index (χ1v) is 9.00. The molecular formula is C19H16N6OS. The number of nitrogens with two attached hydrogens (primary N) is 1. The molecule has 0 saturated heterocycles. The van der Waals surface area contributed by atoms with Gasteiger partial charge in [0.1, 0.15) is 17.9 Å². The molecule has 0 spiro atoms. The lowest BCUT2D eigenvalue weighted by Gasteiger charge is -2.11. The molecule has 4 aromatic rings. The van der Waals surface area contributed by atoms with Crippen LogP contribution in [-0.4, -0.2) is 33.3 Å². The first-order valence-electron chi connectivity index (χ1n) is 8.12. The molecule has 27 heavy (non-hydrogen) atoms. The molecule has 0 aliphatic heterocycles. The van der Waals surface area contributed by atoms with Gasteiger partial charge in [0.15, 0.2) is 0 Å². The molecule has 0 atom stereocenters. The Morgan fingerprint density at radius 2 is 2.07 bits per heavy atom. The Morgan fingerprint density at radius 3 is 2.89 bits per heavy atom. The largest absolute Gasteiger partial charge is 0.507 e. The van der Waals surface area contributed by atoms with Crippen molar-refractivity contribution in [1.82, 2.24) is 15.0 Å². The molecule has 8 heteroatoms. The second-order valence-electron chi connectivity index (χ2n) is 5.78. The van der Waals surface area contributed by atoms with Crippen molar-refractivity contribution in [3.8, 4) is 5.75 Å². The monoisotopic (exact) mass is 376 g/mol. The van der Waals surface area contributed by atoms with E-state index < -0.39 is 0 Å². The standard InChI is InChI=1S/C19H16N6OS/c1-21-8-12(7-20)11-4-15-18(16(26)5-11)19(23-9-22-15)25-13-2-3-14-17(6-13)27-10-24-14/h2-10,26H,20H2,1H3,(H,22,23,25)/b12-7+,21-8?. The van der Waals surface area contributed by atoms with E-state index in [-0.39, 0.29) is 5.75 Å². The molecule has 2 aromatic carbocycles. The third-order valence-corrected chi connectivity index (χ3v) is 4.88. The Hall–Kier alpha value is -3.52. The SMILES string of the molecule is CN=C/C(=C\N)c1cc(O)c2c(Nc3ccc4ncsc4c3)ncnc2c1. The maximum Gasteiger partial charge on any atom is 0.145 e. The number of phenolic OH excluding ortho intramolecular Hbond substituents is 1. The van der Waals surface area contributed by atoms with Crippen molar-refractivity contribution in [2.45, 2.75) is 0 Å². The number of nitrogens with one attached hydrogen (secondary N) is 1. The zero-order chi connectivity index (χ0) is 18.8. The van der Waals surface area contributed by atoms with Crippen LogP contribution in [0.25, 0.3) is 26.7 Å². The number of aliphatic imine (C=N–C) groups is 1. The van der Waals surface area contributed by atoms with Gasteiger partial charge in [-0.3, -0.25) is 4.99 Å². The summed E-state index contributed by atoms with van der Waals surface area (Å²) in [5, 5.41) is 14.4. The summed E-state index contributed by atoms with van der Waals surface area (Å²) in [6.07, 6.45) is 4.53. The normalized spacial score (nSPS) is 12.3. The molecule has 7 nitrogen and oxygen atoms in total. The lowest BCUT2D eigenvalue weighted by atomic mass is 10.0. The molecule has 4 N–H and O–H groups in total. The van der Waals surface area contributed by atoms with Crippen molar-refractivity contribution in [1.29, 1.82) is 0 Å². The summed E-state index contributed by atoms with van der Waals surface area (Å²) in [7, 11) is 1.66. The van der Waals surface area contributed by atoms with Gasteiger partial charge in [-0.25, -0.2) is 15.0 Å². The predicted molar refractivity (Wildman–Crippen MR) is 111 cm³/mol. The molecule has 2 aromatic heterocycles. The Bertz CT molecular complexity index is 1200. The van der Waals surface area contributed by atoms with E-state index in [2.05, 4.69) is 25.3 Å². The number of rotatable bonds is 4. The molecule has 0 bridgehead atoms. The fourth-order valence-corrected chi connectivity index (χ4v) is 3.57. The third kappa shape index (κ3) is 3.18. The number of phenols is 1. The van der Waals surface area contributed by atoms with Gasteiger partial charge in [-0.05, 0) is 35.9 Å². The van der Waals surface area contributed by atoms with Crippen molar-refractivity contribution in [2.24, 2.45) is 10.7 Å². The Kier molecular flexibility index (Phi) is 4.39.